The molecule has 1 aromatic carbocycles. The summed E-state index contributed by atoms with van der Waals surface area (Å²) in [5.41, 5.74) is 0.608. The molecule has 3 rings (SSSR count). The van der Waals surface area contributed by atoms with E-state index in [0.29, 0.717) is 17.3 Å². The van der Waals surface area contributed by atoms with Crippen molar-refractivity contribution in [1.29, 1.82) is 0 Å². The van der Waals surface area contributed by atoms with Crippen molar-refractivity contribution in [2.75, 3.05) is 25.6 Å². The number of halogens is 1. The number of esters is 1. The number of ether oxygens (including phenoxy) is 5. The van der Waals surface area contributed by atoms with Gasteiger partial charge in [0.25, 0.3) is 0 Å². The Labute approximate surface area is 282 Å². The fraction of sp³-hybridized carbons (Fsp3) is 0.778. The molecule has 5 atom stereocenters. The third kappa shape index (κ3) is 12.6. The maximum atomic E-state index is 13.9. The number of anilines is 1. The molecule has 10 heteroatoms. The van der Waals surface area contributed by atoms with E-state index in [1.54, 1.807) is 43.2 Å². The van der Waals surface area contributed by atoms with Crippen molar-refractivity contribution >= 4 is 29.3 Å². The summed E-state index contributed by atoms with van der Waals surface area (Å²) in [5, 5.41) is 3.57. The minimum atomic E-state index is -0.826. The quantitative estimate of drug-likeness (QED) is 0.0975. The lowest BCUT2D eigenvalue weighted by Gasteiger charge is -2.37. The molecular weight excluding hydrogens is 608 g/mol. The van der Waals surface area contributed by atoms with Gasteiger partial charge in [0.1, 0.15) is 18.3 Å². The van der Waals surface area contributed by atoms with Crippen LogP contribution in [0.1, 0.15) is 124 Å². The second-order valence-electron chi connectivity index (χ2n) is 13.1. The van der Waals surface area contributed by atoms with E-state index in [1.165, 1.54) is 70.6 Å². The number of fused-ring (bicyclic) bond motifs is 1. The van der Waals surface area contributed by atoms with Gasteiger partial charge in [-0.25, -0.2) is 4.79 Å². The molecule has 1 N–H and O–H groups in total. The number of methoxy groups -OCH3 is 1. The Kier molecular flexibility index (Phi) is 17.1. The predicted molar refractivity (Wildman–Crippen MR) is 182 cm³/mol. The van der Waals surface area contributed by atoms with Crippen molar-refractivity contribution < 1.29 is 33.3 Å². The minimum absolute atomic E-state index is 0.0478. The number of benzene rings is 1. The van der Waals surface area contributed by atoms with Gasteiger partial charge in [0.05, 0.1) is 19.1 Å². The summed E-state index contributed by atoms with van der Waals surface area (Å²) in [6.45, 7) is 8.37. The molecule has 0 saturated carbocycles. The number of urea groups is 1. The summed E-state index contributed by atoms with van der Waals surface area (Å²) in [6, 6.07) is 5.96. The molecule has 2 fully saturated rings. The van der Waals surface area contributed by atoms with Gasteiger partial charge in [-0.1, -0.05) is 102 Å². The Morgan fingerprint density at radius 3 is 2.00 bits per heavy atom. The average molecular weight is 667 g/mol. The van der Waals surface area contributed by atoms with Crippen LogP contribution in [0.4, 0.5) is 10.5 Å². The van der Waals surface area contributed by atoms with Gasteiger partial charge in [-0.15, -0.1) is 0 Å². The van der Waals surface area contributed by atoms with Crippen LogP contribution in [0, 0.1) is 0 Å². The first-order chi connectivity index (χ1) is 22.2. The summed E-state index contributed by atoms with van der Waals surface area (Å²) in [5.74, 6) is -1.23. The highest BCUT2D eigenvalue weighted by Crippen LogP contribution is 2.41. The lowest BCUT2D eigenvalue weighted by Crippen LogP contribution is -2.54. The zero-order valence-electron chi connectivity index (χ0n) is 28.9. The number of unbranched alkanes of at least 4 members (excludes halogenated alkanes) is 13. The van der Waals surface area contributed by atoms with E-state index in [1.807, 2.05) is 13.8 Å². The van der Waals surface area contributed by atoms with Crippen LogP contribution in [0.15, 0.2) is 24.3 Å². The Morgan fingerprint density at radius 1 is 0.891 bits per heavy atom. The maximum absolute atomic E-state index is 13.9. The largest absolute Gasteiger partial charge is 0.466 e. The van der Waals surface area contributed by atoms with E-state index >= 15 is 0 Å². The first kappa shape index (κ1) is 38.5. The van der Waals surface area contributed by atoms with Crippen LogP contribution in [0.2, 0.25) is 5.02 Å². The Hall–Kier alpha value is -1.91. The number of nitrogens with one attached hydrogen (secondary N) is 1. The van der Waals surface area contributed by atoms with Crippen LogP contribution in [0.5, 0.6) is 0 Å². The van der Waals surface area contributed by atoms with Crippen molar-refractivity contribution in [3.8, 4) is 0 Å². The highest BCUT2D eigenvalue weighted by molar-refractivity contribution is 6.30. The highest BCUT2D eigenvalue weighted by atomic mass is 35.5. The van der Waals surface area contributed by atoms with Crippen LogP contribution in [0.25, 0.3) is 0 Å². The molecule has 2 saturated heterocycles. The van der Waals surface area contributed by atoms with Gasteiger partial charge in [0, 0.05) is 24.4 Å². The molecule has 1 aromatic rings. The SMILES string of the molecule is CCCCCCCCCCCCCCCCN(C(=O)Nc1ccc(Cl)cc1)C(CC(=O)OCC)[C@@H]1O[C@@H]2OC(C)(C)O[C@@H]2[C@H]1OC. The van der Waals surface area contributed by atoms with Crippen LogP contribution in [0.3, 0.4) is 0 Å². The third-order valence-electron chi connectivity index (χ3n) is 8.87. The third-order valence-corrected chi connectivity index (χ3v) is 9.12. The van der Waals surface area contributed by atoms with Gasteiger partial charge >= 0.3 is 12.0 Å². The van der Waals surface area contributed by atoms with E-state index in [2.05, 4.69) is 12.2 Å². The van der Waals surface area contributed by atoms with Crippen molar-refractivity contribution in [3.63, 3.8) is 0 Å². The molecule has 262 valence electrons. The lowest BCUT2D eigenvalue weighted by molar-refractivity contribution is -0.223. The highest BCUT2D eigenvalue weighted by Gasteiger charge is 2.58. The summed E-state index contributed by atoms with van der Waals surface area (Å²) >= 11 is 6.08. The zero-order valence-corrected chi connectivity index (χ0v) is 29.7. The number of amides is 2. The Balaban J connectivity index is 1.61. The fourth-order valence-corrected chi connectivity index (χ4v) is 6.63. The fourth-order valence-electron chi connectivity index (χ4n) is 6.50. The number of carbonyl (C=O) groups excluding carboxylic acids is 2. The summed E-state index contributed by atoms with van der Waals surface area (Å²) in [4.78, 5) is 28.5. The number of hydrogen-bond acceptors (Lipinski definition) is 7. The monoisotopic (exact) mass is 666 g/mol. The molecule has 2 aliphatic rings. The standard InChI is InChI=1S/C36H59ClN2O7/c1-6-8-9-10-11-12-13-14-15-16-17-18-19-20-25-39(35(41)38-28-23-21-27(37)22-24-28)29(26-30(40)43-7-2)31-32(42-5)33-34(44-31)46-36(3,4)45-33/h21-24,29,31-34H,6-20,25-26H2,1-5H3,(H,38,41)/t29?,31-,32-,33+,34+/m0/s1. The second kappa shape index (κ2) is 20.5. The van der Waals surface area contributed by atoms with E-state index in [0.717, 1.165) is 19.3 Å². The number of rotatable bonds is 22. The maximum Gasteiger partial charge on any atom is 0.322 e. The van der Waals surface area contributed by atoms with Crippen molar-refractivity contribution in [2.45, 2.75) is 160 Å². The molecule has 2 heterocycles. The second-order valence-corrected chi connectivity index (χ2v) is 13.5. The van der Waals surface area contributed by atoms with E-state index in [4.69, 9.17) is 35.3 Å². The van der Waals surface area contributed by atoms with Crippen LogP contribution < -0.4 is 5.32 Å². The summed E-state index contributed by atoms with van der Waals surface area (Å²) < 4.78 is 29.7. The van der Waals surface area contributed by atoms with Gasteiger partial charge in [0.2, 0.25) is 0 Å². The number of carbonyl (C=O) groups is 2. The Bertz CT molecular complexity index is 1020. The average Bonchev–Trinajstić information content (AvgIpc) is 3.50. The molecule has 0 aliphatic carbocycles. The minimum Gasteiger partial charge on any atom is -0.466 e. The topological polar surface area (TPSA) is 95.6 Å². The van der Waals surface area contributed by atoms with E-state index in [9.17, 15) is 9.59 Å². The lowest BCUT2D eigenvalue weighted by atomic mass is 9.98. The molecule has 0 radical (unpaired) electrons. The van der Waals surface area contributed by atoms with Gasteiger partial charge in [0.15, 0.2) is 12.1 Å². The smallest absolute Gasteiger partial charge is 0.322 e. The first-order valence-corrected chi connectivity index (χ1v) is 18.1. The van der Waals surface area contributed by atoms with Gasteiger partial charge in [-0.2, -0.15) is 0 Å². The molecule has 0 spiro atoms. The molecular formula is C36H59ClN2O7. The molecule has 2 aliphatic heterocycles. The van der Waals surface area contributed by atoms with Crippen molar-refractivity contribution in [1.82, 2.24) is 4.90 Å². The van der Waals surface area contributed by atoms with Gasteiger partial charge in [-0.3, -0.25) is 4.79 Å². The molecule has 0 bridgehead atoms. The normalized spacial score (nSPS) is 22.4. The van der Waals surface area contributed by atoms with E-state index in [-0.39, 0.29) is 19.1 Å². The summed E-state index contributed by atoms with van der Waals surface area (Å²) in [7, 11) is 1.59. The number of nitrogens with zero attached hydrogens (tertiary/aromatic N) is 1. The van der Waals surface area contributed by atoms with Crippen molar-refractivity contribution in [2.24, 2.45) is 0 Å². The van der Waals surface area contributed by atoms with E-state index < -0.39 is 42.4 Å². The van der Waals surface area contributed by atoms with Crippen LogP contribution >= 0.6 is 11.6 Å². The van der Waals surface area contributed by atoms with Crippen LogP contribution in [-0.4, -0.2) is 73.6 Å². The molecule has 0 aromatic heterocycles. The zero-order chi connectivity index (χ0) is 33.4. The predicted octanol–water partition coefficient (Wildman–Crippen LogP) is 8.87. The summed E-state index contributed by atoms with van der Waals surface area (Å²) in [6.07, 6.45) is 15.0. The Morgan fingerprint density at radius 2 is 1.46 bits per heavy atom. The first-order valence-electron chi connectivity index (χ1n) is 17.7. The molecule has 1 unspecified atom stereocenters. The van der Waals surface area contributed by atoms with Crippen LogP contribution in [-0.2, 0) is 28.5 Å². The number of hydrogen-bond donors (Lipinski definition) is 1. The molecule has 2 amide bonds. The van der Waals surface area contributed by atoms with Crippen molar-refractivity contribution in [3.05, 3.63) is 29.3 Å². The van der Waals surface area contributed by atoms with Gasteiger partial charge in [-0.05, 0) is 51.5 Å². The van der Waals surface area contributed by atoms with Gasteiger partial charge < -0.3 is 33.9 Å². The molecule has 9 nitrogen and oxygen atoms in total. The molecule has 46 heavy (non-hydrogen) atoms.